The van der Waals surface area contributed by atoms with Crippen molar-refractivity contribution in [3.63, 3.8) is 0 Å². The minimum atomic E-state index is 0. The molecule has 0 aliphatic heterocycles. The Morgan fingerprint density at radius 3 is 2.12 bits per heavy atom. The fourth-order valence-electron chi connectivity index (χ4n) is 1.30. The van der Waals surface area contributed by atoms with Crippen LogP contribution in [0.3, 0.4) is 0 Å². The van der Waals surface area contributed by atoms with Crippen molar-refractivity contribution in [3.05, 3.63) is 79.5 Å². The van der Waals surface area contributed by atoms with Gasteiger partial charge in [-0.2, -0.15) is 0 Å². The first-order valence-corrected chi connectivity index (χ1v) is 4.89. The number of hydrogen-bond acceptors (Lipinski definition) is 1. The molecule has 0 amide bonds. The van der Waals surface area contributed by atoms with Gasteiger partial charge in [0.15, 0.2) is 0 Å². The Kier molecular flexibility index (Phi) is 5.69. The third-order valence-corrected chi connectivity index (χ3v) is 2.02. The van der Waals surface area contributed by atoms with E-state index in [0.717, 1.165) is 11.3 Å². The normalized spacial score (nSPS) is 15.4. The van der Waals surface area contributed by atoms with Crippen LogP contribution in [-0.4, -0.2) is 0 Å². The van der Waals surface area contributed by atoms with E-state index in [-0.39, 0.29) is 17.1 Å². The first kappa shape index (κ1) is 12.8. The van der Waals surface area contributed by atoms with E-state index in [1.165, 1.54) is 0 Å². The van der Waals surface area contributed by atoms with Gasteiger partial charge in [0.05, 0.1) is 6.26 Å². The summed E-state index contributed by atoms with van der Waals surface area (Å²) in [6.07, 6.45) is 19.7. The summed E-state index contributed by atoms with van der Waals surface area (Å²) in [5.74, 6) is 0.935. The van der Waals surface area contributed by atoms with Crippen molar-refractivity contribution in [1.29, 1.82) is 0 Å². The van der Waals surface area contributed by atoms with Crippen LogP contribution < -0.4 is 0 Å². The third-order valence-electron chi connectivity index (χ3n) is 2.02. The van der Waals surface area contributed by atoms with Gasteiger partial charge in [0, 0.05) is 35.5 Å². The Labute approximate surface area is 107 Å². The maximum absolute atomic E-state index is 5.18. The molecule has 2 aliphatic carbocycles. The maximum Gasteiger partial charge on any atom is 0.133 e. The standard InChI is InChI=1S/C9H7O.C5H5.Fe/c1-2-5-8(4-1)9-6-3-7-10-9;1-2-4-5-3-1;/h1-7H;1-5H;. The van der Waals surface area contributed by atoms with Crippen LogP contribution in [0.1, 0.15) is 5.76 Å². The van der Waals surface area contributed by atoms with Crippen LogP contribution in [0.15, 0.2) is 65.3 Å². The van der Waals surface area contributed by atoms with Gasteiger partial charge in [-0.25, -0.2) is 0 Å². The molecule has 2 aliphatic rings. The number of rotatable bonds is 1. The van der Waals surface area contributed by atoms with Crippen LogP contribution in [0.25, 0.3) is 5.57 Å². The Morgan fingerprint density at radius 2 is 1.69 bits per heavy atom. The van der Waals surface area contributed by atoms with Gasteiger partial charge in [-0.05, 0) is 12.1 Å². The molecule has 1 nitrogen and oxygen atoms in total. The number of hydrogen-bond donors (Lipinski definition) is 0. The monoisotopic (exact) mass is 252 g/mol. The number of allylic oxidation sites excluding steroid dienone is 8. The van der Waals surface area contributed by atoms with Crippen LogP contribution >= 0.6 is 0 Å². The van der Waals surface area contributed by atoms with Crippen LogP contribution in [0, 0.1) is 12.8 Å². The summed E-state index contributed by atoms with van der Waals surface area (Å²) in [7, 11) is 0. The summed E-state index contributed by atoms with van der Waals surface area (Å²) in [5.41, 5.74) is 1.14. The third kappa shape index (κ3) is 3.73. The van der Waals surface area contributed by atoms with Crippen LogP contribution in [-0.2, 0) is 17.1 Å². The zero-order valence-electron chi connectivity index (χ0n) is 8.69. The maximum atomic E-state index is 5.18. The summed E-state index contributed by atoms with van der Waals surface area (Å²) in [4.78, 5) is 0. The fraction of sp³-hybridized carbons (Fsp3) is 0. The SMILES string of the molecule is [CH]1C=CC(c2ccco2)=C1.[CH]1C=CC=C1.[Fe]. The molecule has 0 bridgehead atoms. The summed E-state index contributed by atoms with van der Waals surface area (Å²) in [5, 5.41) is 0. The van der Waals surface area contributed by atoms with Gasteiger partial charge in [0.25, 0.3) is 0 Å². The van der Waals surface area contributed by atoms with E-state index in [2.05, 4.69) is 0 Å². The zero-order chi connectivity index (χ0) is 10.3. The summed E-state index contributed by atoms with van der Waals surface area (Å²) >= 11 is 0. The molecule has 1 aromatic heterocycles. The van der Waals surface area contributed by atoms with Crippen molar-refractivity contribution in [2.24, 2.45) is 0 Å². The summed E-state index contributed by atoms with van der Waals surface area (Å²) in [6, 6.07) is 3.84. The molecule has 0 spiro atoms. The van der Waals surface area contributed by atoms with E-state index in [9.17, 15) is 0 Å². The Balaban J connectivity index is 0.000000183. The predicted octanol–water partition coefficient (Wildman–Crippen LogP) is 3.75. The Hall–Kier alpha value is -1.24. The van der Waals surface area contributed by atoms with Gasteiger partial charge < -0.3 is 4.42 Å². The van der Waals surface area contributed by atoms with Gasteiger partial charge in [0.1, 0.15) is 5.76 Å². The molecule has 82 valence electrons. The average Bonchev–Trinajstić information content (AvgIpc) is 3.06. The van der Waals surface area contributed by atoms with Crippen molar-refractivity contribution >= 4 is 5.57 Å². The predicted molar refractivity (Wildman–Crippen MR) is 62.7 cm³/mol. The molecule has 0 saturated heterocycles. The second kappa shape index (κ2) is 7.10. The molecule has 0 unspecified atom stereocenters. The molecular formula is C14H12FeO. The van der Waals surface area contributed by atoms with Gasteiger partial charge in [-0.1, -0.05) is 42.5 Å². The Morgan fingerprint density at radius 1 is 0.875 bits per heavy atom. The zero-order valence-corrected chi connectivity index (χ0v) is 9.79. The molecule has 0 aromatic carbocycles. The molecule has 0 fully saturated rings. The molecule has 1 aromatic rings. The molecular weight excluding hydrogens is 240 g/mol. The van der Waals surface area contributed by atoms with Gasteiger partial charge >= 0.3 is 0 Å². The molecule has 3 rings (SSSR count). The van der Waals surface area contributed by atoms with Crippen LogP contribution in [0.2, 0.25) is 0 Å². The van der Waals surface area contributed by atoms with Gasteiger partial charge in [-0.3, -0.25) is 0 Å². The first-order chi connectivity index (χ1) is 7.47. The second-order valence-electron chi connectivity index (χ2n) is 3.11. The van der Waals surface area contributed by atoms with E-state index < -0.39 is 0 Å². The van der Waals surface area contributed by atoms with Gasteiger partial charge in [0.2, 0.25) is 0 Å². The molecule has 2 radical (unpaired) electrons. The smallest absolute Gasteiger partial charge is 0.133 e. The molecule has 0 N–H and O–H groups in total. The average molecular weight is 252 g/mol. The van der Waals surface area contributed by atoms with Crippen molar-refractivity contribution in [2.75, 3.05) is 0 Å². The first-order valence-electron chi connectivity index (χ1n) is 4.89. The molecule has 16 heavy (non-hydrogen) atoms. The van der Waals surface area contributed by atoms with Crippen molar-refractivity contribution in [2.45, 2.75) is 0 Å². The second-order valence-corrected chi connectivity index (χ2v) is 3.11. The quantitative estimate of drug-likeness (QED) is 0.693. The molecule has 0 atom stereocenters. The fourth-order valence-corrected chi connectivity index (χ4v) is 1.30. The van der Waals surface area contributed by atoms with E-state index in [0.29, 0.717) is 0 Å². The van der Waals surface area contributed by atoms with Gasteiger partial charge in [-0.15, -0.1) is 0 Å². The van der Waals surface area contributed by atoms with Crippen molar-refractivity contribution in [1.82, 2.24) is 0 Å². The van der Waals surface area contributed by atoms with Crippen molar-refractivity contribution in [3.8, 4) is 0 Å². The molecule has 0 saturated carbocycles. The Bertz CT molecular complexity index is 398. The van der Waals surface area contributed by atoms with E-state index in [4.69, 9.17) is 4.42 Å². The van der Waals surface area contributed by atoms with E-state index in [1.54, 1.807) is 6.26 Å². The number of furan rings is 1. The minimum Gasteiger partial charge on any atom is -0.464 e. The molecule has 1 heterocycles. The largest absolute Gasteiger partial charge is 0.464 e. The summed E-state index contributed by atoms with van der Waals surface area (Å²) in [6.45, 7) is 0. The summed E-state index contributed by atoms with van der Waals surface area (Å²) < 4.78 is 5.18. The van der Waals surface area contributed by atoms with Crippen LogP contribution in [0.4, 0.5) is 0 Å². The minimum absolute atomic E-state index is 0. The van der Waals surface area contributed by atoms with E-state index in [1.807, 2.05) is 67.5 Å². The van der Waals surface area contributed by atoms with Crippen LogP contribution in [0.5, 0.6) is 0 Å². The molecule has 2 heteroatoms. The topological polar surface area (TPSA) is 13.1 Å². The van der Waals surface area contributed by atoms with Crippen molar-refractivity contribution < 1.29 is 21.5 Å². The van der Waals surface area contributed by atoms with E-state index >= 15 is 0 Å².